The average molecular weight is 494 g/mol. The first-order chi connectivity index (χ1) is 15.5. The van der Waals surface area contributed by atoms with Crippen molar-refractivity contribution < 1.29 is 23.0 Å². The number of methoxy groups -OCH3 is 1. The van der Waals surface area contributed by atoms with Crippen LogP contribution in [0.2, 0.25) is 5.02 Å². The largest absolute Gasteiger partial charge is 0.497 e. The lowest BCUT2D eigenvalue weighted by atomic mass is 10.1. The fourth-order valence-electron chi connectivity index (χ4n) is 3.15. The third-order valence-electron chi connectivity index (χ3n) is 5.05. The van der Waals surface area contributed by atoms with Gasteiger partial charge in [-0.25, -0.2) is 8.42 Å². The van der Waals surface area contributed by atoms with Crippen LogP contribution in [-0.4, -0.2) is 48.5 Å². The number of aliphatic hydroxyl groups excluding tert-OH is 1. The molecular weight excluding hydrogens is 466 g/mol. The third-order valence-corrected chi connectivity index (χ3v) is 6.07. The summed E-state index contributed by atoms with van der Waals surface area (Å²) in [7, 11) is -1.99. The van der Waals surface area contributed by atoms with E-state index in [1.807, 2.05) is 59.3 Å². The summed E-state index contributed by atoms with van der Waals surface area (Å²) in [6.07, 6.45) is -0.445. The fraction of sp³-hybridized carbons (Fsp3) is 0.348. The van der Waals surface area contributed by atoms with Crippen LogP contribution in [0, 0.1) is 0 Å². The molecule has 0 radical (unpaired) electrons. The van der Waals surface area contributed by atoms with Gasteiger partial charge in [0.05, 0.1) is 37.9 Å². The summed E-state index contributed by atoms with van der Waals surface area (Å²) in [6, 6.07) is 17.1. The number of rotatable bonds is 10. The van der Waals surface area contributed by atoms with Crippen LogP contribution in [0.1, 0.15) is 25.1 Å². The Hall–Kier alpha value is -2.43. The smallest absolute Gasteiger partial charge is 0.210 e. The molecule has 0 spiro atoms. The number of nitrogens with one attached hydrogen (secondary N) is 1. The molecule has 33 heavy (non-hydrogen) atoms. The Morgan fingerprint density at radius 3 is 2.58 bits per heavy atom. The average Bonchev–Trinajstić information content (AvgIpc) is 3.15. The standard InChI is InChI=1S/C23H28ClN3O5S/c1-23(2,22(28)26-33(4,29)30)32-15-18-13-21(16-9-7-10-19(12-16)31-3)27(25-18)14-17-8-5-6-11-20(17)24/h5-13,22,26,28H,14-15H2,1-4H3. The van der Waals surface area contributed by atoms with Crippen LogP contribution in [0.25, 0.3) is 11.3 Å². The number of sulfonamides is 1. The molecule has 0 saturated carbocycles. The Kier molecular flexibility index (Phi) is 7.81. The number of hydrogen-bond donors (Lipinski definition) is 2. The van der Waals surface area contributed by atoms with E-state index >= 15 is 0 Å². The predicted molar refractivity (Wildman–Crippen MR) is 128 cm³/mol. The summed E-state index contributed by atoms with van der Waals surface area (Å²) in [4.78, 5) is 0. The van der Waals surface area contributed by atoms with Crippen LogP contribution < -0.4 is 9.46 Å². The van der Waals surface area contributed by atoms with E-state index in [1.165, 1.54) is 0 Å². The van der Waals surface area contributed by atoms with E-state index in [2.05, 4.69) is 9.82 Å². The zero-order chi connectivity index (χ0) is 24.2. The first-order valence-electron chi connectivity index (χ1n) is 10.2. The van der Waals surface area contributed by atoms with Crippen molar-refractivity contribution >= 4 is 21.6 Å². The van der Waals surface area contributed by atoms with E-state index in [9.17, 15) is 13.5 Å². The zero-order valence-corrected chi connectivity index (χ0v) is 20.5. The third kappa shape index (κ3) is 6.78. The van der Waals surface area contributed by atoms with Crippen LogP contribution in [0.4, 0.5) is 0 Å². The highest BCUT2D eigenvalue weighted by Crippen LogP contribution is 2.27. The molecule has 0 aliphatic carbocycles. The molecule has 1 aromatic heterocycles. The van der Waals surface area contributed by atoms with Crippen LogP contribution in [-0.2, 0) is 27.9 Å². The SMILES string of the molecule is COc1cccc(-c2cc(COC(C)(C)C(O)NS(C)(=O)=O)nn2Cc2ccccc2Cl)c1. The lowest BCUT2D eigenvalue weighted by Gasteiger charge is -2.30. The van der Waals surface area contributed by atoms with Gasteiger partial charge in [0.25, 0.3) is 0 Å². The minimum atomic E-state index is -3.60. The highest BCUT2D eigenvalue weighted by Gasteiger charge is 2.31. The molecule has 0 amide bonds. The molecule has 1 atom stereocenters. The molecule has 2 N–H and O–H groups in total. The van der Waals surface area contributed by atoms with E-state index in [0.29, 0.717) is 23.0 Å². The maximum atomic E-state index is 11.5. The van der Waals surface area contributed by atoms with Crippen molar-refractivity contribution in [2.24, 2.45) is 0 Å². The fourth-order valence-corrected chi connectivity index (χ4v) is 4.03. The maximum Gasteiger partial charge on any atom is 0.210 e. The molecule has 0 aliphatic heterocycles. The minimum absolute atomic E-state index is 0.0575. The number of aromatic nitrogens is 2. The van der Waals surface area contributed by atoms with Crippen molar-refractivity contribution in [1.82, 2.24) is 14.5 Å². The first-order valence-corrected chi connectivity index (χ1v) is 12.5. The molecule has 1 unspecified atom stereocenters. The number of ether oxygens (including phenoxy) is 2. The second kappa shape index (κ2) is 10.2. The van der Waals surface area contributed by atoms with Crippen LogP contribution in [0.5, 0.6) is 5.75 Å². The van der Waals surface area contributed by atoms with Crippen molar-refractivity contribution in [1.29, 1.82) is 0 Å². The Morgan fingerprint density at radius 1 is 1.18 bits per heavy atom. The van der Waals surface area contributed by atoms with Crippen molar-refractivity contribution in [3.05, 3.63) is 70.9 Å². The highest BCUT2D eigenvalue weighted by atomic mass is 35.5. The van der Waals surface area contributed by atoms with Gasteiger partial charge in [-0.1, -0.05) is 41.9 Å². The lowest BCUT2D eigenvalue weighted by molar-refractivity contribution is -0.113. The zero-order valence-electron chi connectivity index (χ0n) is 18.9. The molecule has 3 aromatic rings. The van der Waals surface area contributed by atoms with E-state index in [-0.39, 0.29) is 6.61 Å². The van der Waals surface area contributed by atoms with Gasteiger partial charge < -0.3 is 14.6 Å². The van der Waals surface area contributed by atoms with E-state index in [4.69, 9.17) is 21.1 Å². The first kappa shape index (κ1) is 25.2. The van der Waals surface area contributed by atoms with Gasteiger partial charge in [0, 0.05) is 10.6 Å². The van der Waals surface area contributed by atoms with Gasteiger partial charge in [0.1, 0.15) is 17.6 Å². The molecule has 1 heterocycles. The summed E-state index contributed by atoms with van der Waals surface area (Å²) in [5.41, 5.74) is 2.07. The van der Waals surface area contributed by atoms with Crippen LogP contribution in [0.3, 0.4) is 0 Å². The summed E-state index contributed by atoms with van der Waals surface area (Å²) in [5.74, 6) is 0.715. The molecular formula is C23H28ClN3O5S. The Morgan fingerprint density at radius 2 is 1.91 bits per heavy atom. The van der Waals surface area contributed by atoms with Crippen molar-refractivity contribution in [3.63, 3.8) is 0 Å². The quantitative estimate of drug-likeness (QED) is 0.419. The maximum absolute atomic E-state index is 11.5. The number of benzene rings is 2. The Balaban J connectivity index is 1.90. The van der Waals surface area contributed by atoms with Crippen molar-refractivity contribution in [2.75, 3.05) is 13.4 Å². The van der Waals surface area contributed by atoms with Gasteiger partial charge in [0.15, 0.2) is 0 Å². The van der Waals surface area contributed by atoms with Crippen molar-refractivity contribution in [2.45, 2.75) is 38.8 Å². The molecule has 178 valence electrons. The second-order valence-corrected chi connectivity index (χ2v) is 10.4. The molecule has 0 fully saturated rings. The Bertz CT molecular complexity index is 1210. The molecule has 0 saturated heterocycles. The molecule has 2 aromatic carbocycles. The molecule has 0 aliphatic rings. The predicted octanol–water partition coefficient (Wildman–Crippen LogP) is 3.42. The summed E-state index contributed by atoms with van der Waals surface area (Å²) >= 11 is 6.37. The van der Waals surface area contributed by atoms with Crippen LogP contribution in [0.15, 0.2) is 54.6 Å². The van der Waals surface area contributed by atoms with Crippen molar-refractivity contribution in [3.8, 4) is 17.0 Å². The number of hydrogen-bond acceptors (Lipinski definition) is 6. The molecule has 8 nitrogen and oxygen atoms in total. The lowest BCUT2D eigenvalue weighted by Crippen LogP contribution is -2.50. The van der Waals surface area contributed by atoms with Gasteiger partial charge in [-0.3, -0.25) is 4.68 Å². The highest BCUT2D eigenvalue weighted by molar-refractivity contribution is 7.88. The molecule has 10 heteroatoms. The number of nitrogens with zero attached hydrogens (tertiary/aromatic N) is 2. The monoisotopic (exact) mass is 493 g/mol. The number of aliphatic hydroxyl groups is 1. The van der Waals surface area contributed by atoms with Gasteiger partial charge in [-0.15, -0.1) is 0 Å². The second-order valence-electron chi connectivity index (χ2n) is 8.19. The summed E-state index contributed by atoms with van der Waals surface area (Å²) in [5, 5.41) is 15.6. The van der Waals surface area contributed by atoms with Gasteiger partial charge >= 0.3 is 0 Å². The van der Waals surface area contributed by atoms with Crippen LogP contribution >= 0.6 is 11.6 Å². The van der Waals surface area contributed by atoms with Gasteiger partial charge in [0.2, 0.25) is 10.0 Å². The number of halogens is 1. The molecule has 3 rings (SSSR count). The summed E-state index contributed by atoms with van der Waals surface area (Å²) < 4.78 is 38.1. The summed E-state index contributed by atoms with van der Waals surface area (Å²) in [6.45, 7) is 3.69. The normalized spacial score (nSPS) is 13.2. The van der Waals surface area contributed by atoms with E-state index in [1.54, 1.807) is 21.0 Å². The van der Waals surface area contributed by atoms with E-state index in [0.717, 1.165) is 23.1 Å². The minimum Gasteiger partial charge on any atom is -0.497 e. The molecule has 0 bridgehead atoms. The topological polar surface area (TPSA) is 103 Å². The Labute approximate surface area is 199 Å². The van der Waals surface area contributed by atoms with Gasteiger partial charge in [-0.05, 0) is 43.7 Å². The van der Waals surface area contributed by atoms with Gasteiger partial charge in [-0.2, -0.15) is 9.82 Å². The van der Waals surface area contributed by atoms with E-state index < -0.39 is 21.9 Å².